The first kappa shape index (κ1) is 15.8. The highest BCUT2D eigenvalue weighted by molar-refractivity contribution is 5.77. The molecule has 0 bridgehead atoms. The molecule has 0 aromatic carbocycles. The second-order valence-corrected chi connectivity index (χ2v) is 7.94. The molecule has 1 atom stereocenters. The van der Waals surface area contributed by atoms with Gasteiger partial charge in [-0.15, -0.1) is 0 Å². The van der Waals surface area contributed by atoms with Crippen LogP contribution in [0.2, 0.25) is 0 Å². The van der Waals surface area contributed by atoms with Gasteiger partial charge in [0.15, 0.2) is 0 Å². The van der Waals surface area contributed by atoms with Crippen LogP contribution in [0.3, 0.4) is 0 Å². The fraction of sp³-hybridized carbons (Fsp3) is 0.941. The SMILES string of the molecule is CC(CC(=O)N(CC1CCNCC1)C1CC1)C(C)(C)C. The van der Waals surface area contributed by atoms with Gasteiger partial charge in [0, 0.05) is 19.0 Å². The summed E-state index contributed by atoms with van der Waals surface area (Å²) in [5.41, 5.74) is 0.222. The van der Waals surface area contributed by atoms with E-state index in [0.717, 1.165) is 19.6 Å². The Balaban J connectivity index is 1.89. The summed E-state index contributed by atoms with van der Waals surface area (Å²) in [4.78, 5) is 14.9. The van der Waals surface area contributed by atoms with E-state index in [1.807, 2.05) is 0 Å². The lowest BCUT2D eigenvalue weighted by Crippen LogP contribution is -2.41. The Hall–Kier alpha value is -0.570. The van der Waals surface area contributed by atoms with Gasteiger partial charge in [0.05, 0.1) is 0 Å². The van der Waals surface area contributed by atoms with Gasteiger partial charge in [-0.1, -0.05) is 27.7 Å². The topological polar surface area (TPSA) is 32.3 Å². The number of nitrogens with one attached hydrogen (secondary N) is 1. The van der Waals surface area contributed by atoms with E-state index in [2.05, 4.69) is 37.9 Å². The molecule has 1 unspecified atom stereocenters. The van der Waals surface area contributed by atoms with E-state index in [1.54, 1.807) is 0 Å². The molecule has 0 aromatic rings. The van der Waals surface area contributed by atoms with Crippen LogP contribution in [-0.4, -0.2) is 36.5 Å². The number of rotatable bonds is 5. The highest BCUT2D eigenvalue weighted by Gasteiger charge is 2.35. The van der Waals surface area contributed by atoms with Crippen LogP contribution >= 0.6 is 0 Å². The number of carbonyl (C=O) groups is 1. The molecule has 1 aliphatic carbocycles. The summed E-state index contributed by atoms with van der Waals surface area (Å²) in [5.74, 6) is 1.56. The second kappa shape index (κ2) is 6.46. The number of piperidine rings is 1. The number of amides is 1. The minimum atomic E-state index is 0.222. The molecular formula is C17H32N2O. The van der Waals surface area contributed by atoms with Crippen LogP contribution in [0.4, 0.5) is 0 Å². The highest BCUT2D eigenvalue weighted by Crippen LogP contribution is 2.33. The predicted octanol–water partition coefficient (Wildman–Crippen LogP) is 3.05. The van der Waals surface area contributed by atoms with Gasteiger partial charge in [0.2, 0.25) is 5.91 Å². The zero-order valence-corrected chi connectivity index (χ0v) is 13.7. The molecule has 3 nitrogen and oxygen atoms in total. The monoisotopic (exact) mass is 280 g/mol. The maximum absolute atomic E-state index is 12.7. The van der Waals surface area contributed by atoms with Crippen molar-refractivity contribution < 1.29 is 4.79 Å². The van der Waals surface area contributed by atoms with Gasteiger partial charge in [-0.3, -0.25) is 4.79 Å². The van der Waals surface area contributed by atoms with E-state index in [4.69, 9.17) is 0 Å². The molecule has 1 saturated carbocycles. The molecule has 1 heterocycles. The zero-order valence-electron chi connectivity index (χ0n) is 13.7. The van der Waals surface area contributed by atoms with Crippen LogP contribution in [-0.2, 0) is 4.79 Å². The number of hydrogen-bond donors (Lipinski definition) is 1. The highest BCUT2D eigenvalue weighted by atomic mass is 16.2. The van der Waals surface area contributed by atoms with Crippen molar-refractivity contribution in [3.05, 3.63) is 0 Å². The van der Waals surface area contributed by atoms with Gasteiger partial charge in [-0.25, -0.2) is 0 Å². The van der Waals surface area contributed by atoms with Crippen molar-refractivity contribution in [1.82, 2.24) is 10.2 Å². The van der Waals surface area contributed by atoms with Crippen LogP contribution in [0.15, 0.2) is 0 Å². The molecule has 2 fully saturated rings. The summed E-state index contributed by atoms with van der Waals surface area (Å²) in [5, 5.41) is 3.41. The van der Waals surface area contributed by atoms with Crippen LogP contribution in [0.5, 0.6) is 0 Å². The van der Waals surface area contributed by atoms with E-state index < -0.39 is 0 Å². The summed E-state index contributed by atoms with van der Waals surface area (Å²) in [6, 6.07) is 0.560. The molecule has 1 aliphatic heterocycles. The van der Waals surface area contributed by atoms with E-state index in [1.165, 1.54) is 25.7 Å². The maximum Gasteiger partial charge on any atom is 0.223 e. The lowest BCUT2D eigenvalue weighted by molar-refractivity contribution is -0.134. The third-order valence-corrected chi connectivity index (χ3v) is 5.18. The molecule has 1 saturated heterocycles. The second-order valence-electron chi connectivity index (χ2n) is 7.94. The Morgan fingerprint density at radius 3 is 2.30 bits per heavy atom. The van der Waals surface area contributed by atoms with E-state index >= 15 is 0 Å². The van der Waals surface area contributed by atoms with E-state index in [9.17, 15) is 4.79 Å². The first-order chi connectivity index (χ1) is 9.38. The van der Waals surface area contributed by atoms with Crippen LogP contribution in [0.25, 0.3) is 0 Å². The summed E-state index contributed by atoms with van der Waals surface area (Å²) >= 11 is 0. The van der Waals surface area contributed by atoms with Gasteiger partial charge in [0.1, 0.15) is 0 Å². The van der Waals surface area contributed by atoms with Crippen molar-refractivity contribution in [2.75, 3.05) is 19.6 Å². The van der Waals surface area contributed by atoms with Crippen LogP contribution in [0.1, 0.15) is 59.8 Å². The lowest BCUT2D eigenvalue weighted by atomic mass is 9.80. The standard InChI is InChI=1S/C17H32N2O/c1-13(17(2,3)4)11-16(20)19(15-5-6-15)12-14-7-9-18-10-8-14/h13-15,18H,5-12H2,1-4H3. The summed E-state index contributed by atoms with van der Waals surface area (Å²) in [7, 11) is 0. The smallest absolute Gasteiger partial charge is 0.223 e. The summed E-state index contributed by atoms with van der Waals surface area (Å²) in [6.07, 6.45) is 5.61. The molecule has 0 spiro atoms. The molecule has 2 rings (SSSR count). The van der Waals surface area contributed by atoms with Crippen LogP contribution in [0, 0.1) is 17.3 Å². The average Bonchev–Trinajstić information content (AvgIpc) is 3.20. The zero-order chi connectivity index (χ0) is 14.8. The fourth-order valence-corrected chi connectivity index (χ4v) is 2.87. The maximum atomic E-state index is 12.7. The number of carbonyl (C=O) groups excluding carboxylic acids is 1. The lowest BCUT2D eigenvalue weighted by Gasteiger charge is -2.33. The number of hydrogen-bond acceptors (Lipinski definition) is 2. The van der Waals surface area contributed by atoms with Gasteiger partial charge in [0.25, 0.3) is 0 Å². The van der Waals surface area contributed by atoms with Crippen molar-refractivity contribution in [3.63, 3.8) is 0 Å². The fourth-order valence-electron chi connectivity index (χ4n) is 2.87. The molecular weight excluding hydrogens is 248 g/mol. The normalized spacial score (nSPS) is 22.6. The molecule has 1 amide bonds. The minimum absolute atomic E-state index is 0.222. The first-order valence-corrected chi connectivity index (χ1v) is 8.38. The average molecular weight is 280 g/mol. The Morgan fingerprint density at radius 1 is 1.20 bits per heavy atom. The Kier molecular flexibility index (Phi) is 5.11. The quantitative estimate of drug-likeness (QED) is 0.839. The van der Waals surface area contributed by atoms with Gasteiger partial charge in [-0.05, 0) is 56.0 Å². The molecule has 0 aromatic heterocycles. The van der Waals surface area contributed by atoms with E-state index in [0.29, 0.717) is 30.2 Å². The molecule has 2 aliphatic rings. The molecule has 3 heteroatoms. The van der Waals surface area contributed by atoms with Gasteiger partial charge in [-0.2, -0.15) is 0 Å². The third-order valence-electron chi connectivity index (χ3n) is 5.18. The third kappa shape index (κ3) is 4.47. The largest absolute Gasteiger partial charge is 0.339 e. The van der Waals surface area contributed by atoms with Crippen molar-refractivity contribution >= 4 is 5.91 Å². The molecule has 0 radical (unpaired) electrons. The summed E-state index contributed by atoms with van der Waals surface area (Å²) < 4.78 is 0. The van der Waals surface area contributed by atoms with Crippen molar-refractivity contribution in [2.24, 2.45) is 17.3 Å². The van der Waals surface area contributed by atoms with Gasteiger partial charge >= 0.3 is 0 Å². The van der Waals surface area contributed by atoms with Crippen LogP contribution < -0.4 is 5.32 Å². The van der Waals surface area contributed by atoms with Crippen molar-refractivity contribution in [2.45, 2.75) is 65.8 Å². The number of nitrogens with zero attached hydrogens (tertiary/aromatic N) is 1. The molecule has 20 heavy (non-hydrogen) atoms. The molecule has 116 valence electrons. The van der Waals surface area contributed by atoms with E-state index in [-0.39, 0.29) is 5.41 Å². The van der Waals surface area contributed by atoms with Crippen molar-refractivity contribution in [3.8, 4) is 0 Å². The molecule has 1 N–H and O–H groups in total. The minimum Gasteiger partial charge on any atom is -0.339 e. The van der Waals surface area contributed by atoms with Gasteiger partial charge < -0.3 is 10.2 Å². The Labute approximate surface area is 124 Å². The first-order valence-electron chi connectivity index (χ1n) is 8.38. The Bertz CT molecular complexity index is 324. The summed E-state index contributed by atoms with van der Waals surface area (Å²) in [6.45, 7) is 12.2. The predicted molar refractivity (Wildman–Crippen MR) is 83.6 cm³/mol. The van der Waals surface area contributed by atoms with Crippen molar-refractivity contribution in [1.29, 1.82) is 0 Å². The Morgan fingerprint density at radius 2 is 1.80 bits per heavy atom.